The van der Waals surface area contributed by atoms with E-state index in [2.05, 4.69) is 0 Å². The fourth-order valence-corrected chi connectivity index (χ4v) is 2.65. The second kappa shape index (κ2) is 6.72. The Bertz CT molecular complexity index is 586. The number of hydrogen-bond acceptors (Lipinski definition) is 3. The highest BCUT2D eigenvalue weighted by atomic mass is 35.5. The highest BCUT2D eigenvalue weighted by Crippen LogP contribution is 2.25. The van der Waals surface area contributed by atoms with Gasteiger partial charge in [0.2, 0.25) is 5.91 Å². The highest BCUT2D eigenvalue weighted by molar-refractivity contribution is 6.32. The predicted molar refractivity (Wildman–Crippen MR) is 82.2 cm³/mol. The van der Waals surface area contributed by atoms with Crippen molar-refractivity contribution in [1.82, 2.24) is 4.90 Å². The van der Waals surface area contributed by atoms with Crippen LogP contribution in [-0.4, -0.2) is 28.3 Å². The Labute approximate surface area is 128 Å². The third-order valence-electron chi connectivity index (χ3n) is 3.67. The van der Waals surface area contributed by atoms with Gasteiger partial charge in [-0.05, 0) is 43.9 Å². The summed E-state index contributed by atoms with van der Waals surface area (Å²) in [5, 5.41) is 10.9. The Kier molecular flexibility index (Phi) is 4.96. The molecular weight excluding hydrogens is 292 g/mol. The standard InChI is InChI=1S/C15H17ClN2O3/c1-11-4-2-3-9-17(11)15(19)8-6-12-5-7-13(16)14(10-12)18(20)21/h5-8,10-11H,2-4,9H2,1H3. The van der Waals surface area contributed by atoms with Gasteiger partial charge in [-0.1, -0.05) is 17.7 Å². The summed E-state index contributed by atoms with van der Waals surface area (Å²) >= 11 is 5.75. The molecule has 5 nitrogen and oxygen atoms in total. The van der Waals surface area contributed by atoms with Crippen molar-refractivity contribution in [3.63, 3.8) is 0 Å². The van der Waals surface area contributed by atoms with Crippen LogP contribution in [0.4, 0.5) is 5.69 Å². The summed E-state index contributed by atoms with van der Waals surface area (Å²) in [7, 11) is 0. The largest absolute Gasteiger partial charge is 0.336 e. The normalized spacial score (nSPS) is 19.0. The van der Waals surface area contributed by atoms with Crippen molar-refractivity contribution in [3.8, 4) is 0 Å². The molecule has 0 saturated carbocycles. The fraction of sp³-hybridized carbons (Fsp3) is 0.400. The first-order chi connectivity index (χ1) is 9.99. The smallest absolute Gasteiger partial charge is 0.288 e. The number of piperidine rings is 1. The van der Waals surface area contributed by atoms with Gasteiger partial charge in [-0.15, -0.1) is 0 Å². The Hall–Kier alpha value is -1.88. The molecule has 21 heavy (non-hydrogen) atoms. The molecule has 1 aromatic rings. The van der Waals surface area contributed by atoms with Crippen molar-refractivity contribution in [2.24, 2.45) is 0 Å². The lowest BCUT2D eigenvalue weighted by atomic mass is 10.0. The second-order valence-electron chi connectivity index (χ2n) is 5.18. The van der Waals surface area contributed by atoms with E-state index in [-0.39, 0.29) is 22.7 Å². The molecule has 1 aliphatic rings. The molecule has 112 valence electrons. The van der Waals surface area contributed by atoms with E-state index in [4.69, 9.17) is 11.6 Å². The molecule has 1 heterocycles. The molecule has 1 atom stereocenters. The van der Waals surface area contributed by atoms with Gasteiger partial charge in [-0.25, -0.2) is 0 Å². The number of likely N-dealkylation sites (tertiary alicyclic amines) is 1. The first-order valence-electron chi connectivity index (χ1n) is 6.91. The van der Waals surface area contributed by atoms with Gasteiger partial charge in [0, 0.05) is 24.7 Å². The minimum atomic E-state index is -0.534. The van der Waals surface area contributed by atoms with E-state index in [1.54, 1.807) is 12.1 Å². The molecule has 1 amide bonds. The summed E-state index contributed by atoms with van der Waals surface area (Å²) in [5.41, 5.74) is 0.432. The molecular formula is C15H17ClN2O3. The van der Waals surface area contributed by atoms with Crippen molar-refractivity contribution in [2.75, 3.05) is 6.54 Å². The zero-order chi connectivity index (χ0) is 15.4. The number of nitrogens with zero attached hydrogens (tertiary/aromatic N) is 2. The molecule has 0 bridgehead atoms. The Morgan fingerprint density at radius 2 is 2.24 bits per heavy atom. The van der Waals surface area contributed by atoms with Crippen LogP contribution in [-0.2, 0) is 4.79 Å². The van der Waals surface area contributed by atoms with E-state index >= 15 is 0 Å². The van der Waals surface area contributed by atoms with Gasteiger partial charge in [0.15, 0.2) is 0 Å². The van der Waals surface area contributed by atoms with Crippen molar-refractivity contribution in [3.05, 3.63) is 45.0 Å². The van der Waals surface area contributed by atoms with Crippen LogP contribution in [0.3, 0.4) is 0 Å². The molecule has 0 spiro atoms. The van der Waals surface area contributed by atoms with Gasteiger partial charge in [0.1, 0.15) is 5.02 Å². The Balaban J connectivity index is 2.12. The molecule has 2 rings (SSSR count). The number of amides is 1. The summed E-state index contributed by atoms with van der Waals surface area (Å²) in [4.78, 5) is 24.3. The third kappa shape index (κ3) is 3.82. The first kappa shape index (κ1) is 15.5. The minimum absolute atomic E-state index is 0.0557. The van der Waals surface area contributed by atoms with Crippen molar-refractivity contribution < 1.29 is 9.72 Å². The molecule has 0 radical (unpaired) electrons. The molecule has 0 N–H and O–H groups in total. The first-order valence-corrected chi connectivity index (χ1v) is 7.29. The number of hydrogen-bond donors (Lipinski definition) is 0. The topological polar surface area (TPSA) is 63.5 Å². The molecule has 1 aromatic carbocycles. The van der Waals surface area contributed by atoms with Gasteiger partial charge in [0.05, 0.1) is 4.92 Å². The average molecular weight is 309 g/mol. The summed E-state index contributed by atoms with van der Waals surface area (Å²) in [6.07, 6.45) is 6.25. The van der Waals surface area contributed by atoms with E-state index in [0.29, 0.717) is 5.56 Å². The lowest BCUT2D eigenvalue weighted by Gasteiger charge is -2.32. The third-order valence-corrected chi connectivity index (χ3v) is 3.99. The second-order valence-corrected chi connectivity index (χ2v) is 5.58. The van der Waals surface area contributed by atoms with Crippen LogP contribution in [0, 0.1) is 10.1 Å². The van der Waals surface area contributed by atoms with Crippen LogP contribution in [0.5, 0.6) is 0 Å². The predicted octanol–water partition coefficient (Wildman–Crippen LogP) is 3.66. The quantitative estimate of drug-likeness (QED) is 0.486. The highest BCUT2D eigenvalue weighted by Gasteiger charge is 2.21. The van der Waals surface area contributed by atoms with Crippen molar-refractivity contribution in [2.45, 2.75) is 32.2 Å². The van der Waals surface area contributed by atoms with Crippen LogP contribution in [0.25, 0.3) is 6.08 Å². The monoisotopic (exact) mass is 308 g/mol. The van der Waals surface area contributed by atoms with E-state index in [1.807, 2.05) is 11.8 Å². The summed E-state index contributed by atoms with van der Waals surface area (Å²) < 4.78 is 0. The number of benzene rings is 1. The minimum Gasteiger partial charge on any atom is -0.336 e. The Morgan fingerprint density at radius 1 is 1.48 bits per heavy atom. The van der Waals surface area contributed by atoms with Gasteiger partial charge in [-0.3, -0.25) is 14.9 Å². The average Bonchev–Trinajstić information content (AvgIpc) is 2.46. The fourth-order valence-electron chi connectivity index (χ4n) is 2.46. The van der Waals surface area contributed by atoms with Crippen molar-refractivity contribution >= 4 is 29.3 Å². The number of carbonyl (C=O) groups excluding carboxylic acids is 1. The molecule has 1 saturated heterocycles. The summed E-state index contributed by atoms with van der Waals surface area (Å²) in [5.74, 6) is -0.0557. The molecule has 0 aromatic heterocycles. The maximum atomic E-state index is 12.1. The van der Waals surface area contributed by atoms with E-state index < -0.39 is 4.92 Å². The number of carbonyl (C=O) groups is 1. The maximum absolute atomic E-state index is 12.1. The maximum Gasteiger partial charge on any atom is 0.288 e. The number of rotatable bonds is 3. The lowest BCUT2D eigenvalue weighted by Crippen LogP contribution is -2.41. The van der Waals surface area contributed by atoms with Crippen molar-refractivity contribution in [1.29, 1.82) is 0 Å². The molecule has 0 aliphatic carbocycles. The van der Waals surface area contributed by atoms with Gasteiger partial charge < -0.3 is 4.90 Å². The van der Waals surface area contributed by atoms with E-state index in [9.17, 15) is 14.9 Å². The van der Waals surface area contributed by atoms with E-state index in [0.717, 1.165) is 25.8 Å². The zero-order valence-electron chi connectivity index (χ0n) is 11.8. The van der Waals surface area contributed by atoms with Crippen LogP contribution in [0.15, 0.2) is 24.3 Å². The number of nitro groups is 1. The van der Waals surface area contributed by atoms with E-state index in [1.165, 1.54) is 18.2 Å². The summed E-state index contributed by atoms with van der Waals surface area (Å²) in [6, 6.07) is 4.73. The Morgan fingerprint density at radius 3 is 2.90 bits per heavy atom. The van der Waals surface area contributed by atoms with Gasteiger partial charge in [-0.2, -0.15) is 0 Å². The van der Waals surface area contributed by atoms with Crippen LogP contribution >= 0.6 is 11.6 Å². The van der Waals surface area contributed by atoms with Crippen LogP contribution in [0.1, 0.15) is 31.7 Å². The van der Waals surface area contributed by atoms with Crippen LogP contribution in [0.2, 0.25) is 5.02 Å². The SMILES string of the molecule is CC1CCCCN1C(=O)C=Cc1ccc(Cl)c([N+](=O)[O-])c1. The van der Waals surface area contributed by atoms with Crippen LogP contribution < -0.4 is 0 Å². The summed E-state index contributed by atoms with van der Waals surface area (Å²) in [6.45, 7) is 2.81. The molecule has 1 unspecified atom stereocenters. The number of halogens is 1. The molecule has 1 fully saturated rings. The zero-order valence-corrected chi connectivity index (χ0v) is 12.5. The molecule has 6 heteroatoms. The lowest BCUT2D eigenvalue weighted by molar-refractivity contribution is -0.384. The number of nitro benzene ring substituents is 1. The van der Waals surface area contributed by atoms with Gasteiger partial charge >= 0.3 is 0 Å². The van der Waals surface area contributed by atoms with Gasteiger partial charge in [0.25, 0.3) is 5.69 Å². The molecule has 1 aliphatic heterocycles.